The third-order valence-electron chi connectivity index (χ3n) is 5.54. The zero-order chi connectivity index (χ0) is 28.2. The average Bonchev–Trinajstić information content (AvgIpc) is 2.87. The van der Waals surface area contributed by atoms with Gasteiger partial charge in [0.1, 0.15) is 11.6 Å². The molecule has 2 aromatic carbocycles. The second kappa shape index (κ2) is 15.0. The topological polar surface area (TPSA) is 39.3 Å². The molecule has 1 unspecified atom stereocenters. The highest BCUT2D eigenvalue weighted by molar-refractivity contribution is 5.63. The second-order valence-electron chi connectivity index (χ2n) is 7.94. The molecule has 0 aliphatic carbocycles. The number of rotatable bonds is 12. The van der Waals surface area contributed by atoms with Crippen LogP contribution in [0.3, 0.4) is 0 Å². The van der Waals surface area contributed by atoms with E-state index in [1.807, 2.05) is 25.7 Å². The molecule has 0 heterocycles. The monoisotopic (exact) mass is 524 g/mol. The van der Waals surface area contributed by atoms with Gasteiger partial charge in [-0.15, -0.1) is 0 Å². The molecule has 1 atom stereocenters. The molecule has 0 aromatic heterocycles. The molecular formula is C28H37F5N4. The minimum absolute atomic E-state index is 0.0164. The Morgan fingerprint density at radius 1 is 1.05 bits per heavy atom. The minimum Gasteiger partial charge on any atom is -0.386 e. The summed E-state index contributed by atoms with van der Waals surface area (Å²) in [6.07, 6.45) is -2.62. The Bertz CT molecular complexity index is 1050. The Balaban J connectivity index is 0.00000334. The van der Waals surface area contributed by atoms with E-state index in [0.717, 1.165) is 17.5 Å². The zero-order valence-electron chi connectivity index (χ0n) is 22.1. The van der Waals surface area contributed by atoms with Crippen molar-refractivity contribution in [2.45, 2.75) is 52.8 Å². The predicted molar refractivity (Wildman–Crippen MR) is 142 cm³/mol. The van der Waals surface area contributed by atoms with Crippen LogP contribution in [0, 0.1) is 18.6 Å². The number of anilines is 2. The number of hydrazine groups is 1. The summed E-state index contributed by atoms with van der Waals surface area (Å²) in [5.74, 6) is -0.694. The van der Waals surface area contributed by atoms with Gasteiger partial charge >= 0.3 is 6.18 Å². The second-order valence-corrected chi connectivity index (χ2v) is 7.94. The normalized spacial score (nSPS) is 12.5. The zero-order valence-corrected chi connectivity index (χ0v) is 22.1. The van der Waals surface area contributed by atoms with Gasteiger partial charge in [0.15, 0.2) is 0 Å². The quantitative estimate of drug-likeness (QED) is 0.153. The van der Waals surface area contributed by atoms with Gasteiger partial charge in [0.25, 0.3) is 0 Å². The van der Waals surface area contributed by atoms with Crippen molar-refractivity contribution in [1.29, 1.82) is 0 Å². The maximum absolute atomic E-state index is 13.8. The molecule has 0 bridgehead atoms. The van der Waals surface area contributed by atoms with E-state index in [-0.39, 0.29) is 29.1 Å². The lowest BCUT2D eigenvalue weighted by Crippen LogP contribution is -2.43. The molecule has 204 valence electrons. The summed E-state index contributed by atoms with van der Waals surface area (Å²) in [6, 6.07) is 10.6. The number of nitrogens with one attached hydrogen (secondary N) is 3. The van der Waals surface area contributed by atoms with Gasteiger partial charge in [-0.3, -0.25) is 0 Å². The fourth-order valence-corrected chi connectivity index (χ4v) is 3.55. The van der Waals surface area contributed by atoms with E-state index in [1.54, 1.807) is 31.2 Å². The van der Waals surface area contributed by atoms with Crippen LogP contribution in [0.15, 0.2) is 78.7 Å². The molecule has 3 N–H and O–H groups in total. The Hall–Kier alpha value is -3.33. The van der Waals surface area contributed by atoms with Crippen molar-refractivity contribution in [3.63, 3.8) is 0 Å². The van der Waals surface area contributed by atoms with Crippen molar-refractivity contribution in [3.05, 3.63) is 95.9 Å². The highest BCUT2D eigenvalue weighted by Gasteiger charge is 2.35. The molecule has 0 amide bonds. The first-order valence-electron chi connectivity index (χ1n) is 12.1. The van der Waals surface area contributed by atoms with E-state index in [9.17, 15) is 22.0 Å². The van der Waals surface area contributed by atoms with E-state index in [0.29, 0.717) is 24.9 Å². The number of likely N-dealkylation sites (N-methyl/N-ethyl adjacent to an activating group) is 1. The number of hydrogen-bond acceptors (Lipinski definition) is 4. The van der Waals surface area contributed by atoms with Gasteiger partial charge in [0, 0.05) is 31.0 Å². The number of nitrogens with zero attached hydrogens (tertiary/aromatic N) is 1. The Morgan fingerprint density at radius 2 is 1.65 bits per heavy atom. The lowest BCUT2D eigenvalue weighted by molar-refractivity contribution is -0.0891. The highest BCUT2D eigenvalue weighted by atomic mass is 19.4. The van der Waals surface area contributed by atoms with Gasteiger partial charge in [-0.25, -0.2) is 14.2 Å². The Morgan fingerprint density at radius 3 is 2.14 bits per heavy atom. The van der Waals surface area contributed by atoms with Crippen LogP contribution in [0.25, 0.3) is 0 Å². The van der Waals surface area contributed by atoms with Crippen LogP contribution in [-0.2, 0) is 0 Å². The van der Waals surface area contributed by atoms with Crippen LogP contribution in [0.2, 0.25) is 0 Å². The summed E-state index contributed by atoms with van der Waals surface area (Å²) in [7, 11) is 1.37. The summed E-state index contributed by atoms with van der Waals surface area (Å²) in [6.45, 7) is 15.0. The third kappa shape index (κ3) is 9.24. The van der Waals surface area contributed by atoms with Gasteiger partial charge in [-0.1, -0.05) is 40.0 Å². The van der Waals surface area contributed by atoms with Gasteiger partial charge < -0.3 is 15.6 Å². The van der Waals surface area contributed by atoms with E-state index < -0.39 is 11.7 Å². The average molecular weight is 525 g/mol. The Kier molecular flexibility index (Phi) is 12.9. The molecule has 0 aliphatic rings. The first-order valence-corrected chi connectivity index (χ1v) is 12.1. The minimum atomic E-state index is -4.59. The van der Waals surface area contributed by atoms with Crippen LogP contribution in [0.4, 0.5) is 33.3 Å². The number of alkyl halides is 3. The van der Waals surface area contributed by atoms with Crippen LogP contribution in [-0.4, -0.2) is 25.8 Å². The molecule has 4 nitrogen and oxygen atoms in total. The van der Waals surface area contributed by atoms with Crippen molar-refractivity contribution >= 4 is 11.4 Å². The van der Waals surface area contributed by atoms with E-state index in [2.05, 4.69) is 29.3 Å². The van der Waals surface area contributed by atoms with E-state index >= 15 is 0 Å². The van der Waals surface area contributed by atoms with Gasteiger partial charge in [0.2, 0.25) is 0 Å². The molecule has 2 aromatic rings. The van der Waals surface area contributed by atoms with Crippen molar-refractivity contribution in [2.24, 2.45) is 0 Å². The maximum Gasteiger partial charge on any atom is 0.418 e. The smallest absolute Gasteiger partial charge is 0.386 e. The number of allylic oxidation sites excluding steroid dienone is 2. The fourth-order valence-electron chi connectivity index (χ4n) is 3.55. The van der Waals surface area contributed by atoms with Crippen LogP contribution < -0.4 is 21.1 Å². The lowest BCUT2D eigenvalue weighted by Gasteiger charge is -2.28. The van der Waals surface area contributed by atoms with Crippen molar-refractivity contribution < 1.29 is 22.0 Å². The molecule has 0 spiro atoms. The lowest BCUT2D eigenvalue weighted by atomic mass is 10.1. The number of aryl methyl sites for hydroxylation is 1. The van der Waals surface area contributed by atoms with E-state index in [1.165, 1.54) is 25.2 Å². The molecular weight excluding hydrogens is 487 g/mol. The van der Waals surface area contributed by atoms with Crippen LogP contribution in [0.5, 0.6) is 0 Å². The summed E-state index contributed by atoms with van der Waals surface area (Å²) in [5.41, 5.74) is 6.61. The summed E-state index contributed by atoms with van der Waals surface area (Å²) in [5, 5.41) is 2.53. The van der Waals surface area contributed by atoms with Gasteiger partial charge in [-0.05, 0) is 67.8 Å². The molecule has 0 radical (unpaired) electrons. The molecule has 0 saturated heterocycles. The van der Waals surface area contributed by atoms with Gasteiger partial charge in [0.05, 0.1) is 17.0 Å². The number of hydrogen-bond donors (Lipinski definition) is 3. The number of halogens is 5. The van der Waals surface area contributed by atoms with E-state index in [4.69, 9.17) is 0 Å². The summed E-state index contributed by atoms with van der Waals surface area (Å²) in [4.78, 5) is 1.93. The molecule has 2 rings (SSSR count). The van der Waals surface area contributed by atoms with Crippen molar-refractivity contribution in [2.75, 3.05) is 18.5 Å². The maximum atomic E-state index is 13.8. The highest BCUT2D eigenvalue weighted by Crippen LogP contribution is 2.30. The molecule has 0 fully saturated rings. The number of benzene rings is 2. The van der Waals surface area contributed by atoms with Crippen LogP contribution in [0.1, 0.15) is 39.2 Å². The Labute approximate surface area is 216 Å². The first-order chi connectivity index (χ1) is 17.5. The molecule has 9 heteroatoms. The van der Waals surface area contributed by atoms with Crippen LogP contribution >= 0.6 is 0 Å². The van der Waals surface area contributed by atoms with Gasteiger partial charge in [-0.2, -0.15) is 13.2 Å². The molecule has 0 aliphatic heterocycles. The fraction of sp³-hybridized carbons (Fsp3) is 0.357. The van der Waals surface area contributed by atoms with Crippen molar-refractivity contribution in [3.8, 4) is 0 Å². The van der Waals surface area contributed by atoms with Crippen molar-refractivity contribution in [1.82, 2.24) is 16.2 Å². The SMILES string of the molecule is C=C/C(=C(\NC)C(=C)NNC(CC)CCN(c1ccc(F)cc1)c1ccc(F)c(C)c1)C(F)(F)F.CC. The molecule has 0 saturated carbocycles. The third-order valence-corrected chi connectivity index (χ3v) is 5.54. The molecule has 37 heavy (non-hydrogen) atoms. The summed E-state index contributed by atoms with van der Waals surface area (Å²) >= 11 is 0. The predicted octanol–water partition coefficient (Wildman–Crippen LogP) is 7.44. The standard InChI is InChI=1S/C26H31F5N4.C2H6/c1-6-20(34-33-18(4)25(32-5)23(7-2)26(29,30)31)14-15-35(21-10-8-19(27)9-11-21)22-12-13-24(28)17(3)16-22;1-2/h7-13,16,20,32-34H,2,4,6,14-15H2,1,3,5H3;1-2H3/b25-23+;. The first kappa shape index (κ1) is 31.7. The summed E-state index contributed by atoms with van der Waals surface area (Å²) < 4.78 is 67.2. The largest absolute Gasteiger partial charge is 0.418 e.